The first-order chi connectivity index (χ1) is 6.79. The highest BCUT2D eigenvalue weighted by molar-refractivity contribution is 7.85. The van der Waals surface area contributed by atoms with Crippen LogP contribution in [0.15, 0.2) is 4.40 Å². The minimum Gasteiger partial charge on any atom is -0.234 e. The van der Waals surface area contributed by atoms with E-state index in [-0.39, 0.29) is 4.75 Å². The first-order valence-corrected chi connectivity index (χ1v) is 6.89. The van der Waals surface area contributed by atoms with Crippen molar-refractivity contribution in [1.82, 2.24) is 0 Å². The smallest absolute Gasteiger partial charge is 0.144 e. The molecular formula is C12H25NOS. The molecule has 0 bridgehead atoms. The van der Waals surface area contributed by atoms with Crippen molar-refractivity contribution in [2.45, 2.75) is 65.6 Å². The summed E-state index contributed by atoms with van der Waals surface area (Å²) in [5.41, 5.74) is 1.10. The molecule has 0 aromatic carbocycles. The summed E-state index contributed by atoms with van der Waals surface area (Å²) in [5, 5.41) is 0. The van der Waals surface area contributed by atoms with Crippen LogP contribution in [-0.4, -0.2) is 14.7 Å². The second-order valence-corrected chi connectivity index (χ2v) is 7.11. The second-order valence-electron chi connectivity index (χ2n) is 5.20. The van der Waals surface area contributed by atoms with E-state index in [1.54, 1.807) is 0 Å². The number of hydrogen-bond donors (Lipinski definition) is 0. The molecule has 0 aliphatic carbocycles. The van der Waals surface area contributed by atoms with Gasteiger partial charge in [-0.1, -0.05) is 27.2 Å². The van der Waals surface area contributed by atoms with Gasteiger partial charge >= 0.3 is 0 Å². The average molecular weight is 231 g/mol. The van der Waals surface area contributed by atoms with Gasteiger partial charge in [0.15, 0.2) is 0 Å². The molecule has 15 heavy (non-hydrogen) atoms. The van der Waals surface area contributed by atoms with E-state index in [4.69, 9.17) is 0 Å². The standard InChI is InChI=1S/C12H25NOS/c1-7-8-9-11(10(2)3)13-15(14)12(4,5)6/h10H,7-9H2,1-6H3/b13-11+/t15-/m0/s1. The maximum Gasteiger partial charge on any atom is 0.144 e. The zero-order valence-electron chi connectivity index (χ0n) is 11.0. The number of unbranched alkanes of at least 4 members (excludes halogenated alkanes) is 1. The van der Waals surface area contributed by atoms with E-state index >= 15 is 0 Å². The summed E-state index contributed by atoms with van der Waals surface area (Å²) >= 11 is 0. The minimum atomic E-state index is -1.10. The van der Waals surface area contributed by atoms with Gasteiger partial charge in [-0.25, -0.2) is 4.21 Å². The molecule has 0 N–H and O–H groups in total. The van der Waals surface area contributed by atoms with E-state index in [0.717, 1.165) is 25.0 Å². The average Bonchev–Trinajstić information content (AvgIpc) is 2.09. The summed E-state index contributed by atoms with van der Waals surface area (Å²) in [6.07, 6.45) is 3.28. The van der Waals surface area contributed by atoms with Crippen LogP contribution in [0.2, 0.25) is 0 Å². The zero-order valence-corrected chi connectivity index (χ0v) is 11.8. The van der Waals surface area contributed by atoms with E-state index in [1.165, 1.54) is 0 Å². The Kier molecular flexibility index (Phi) is 6.34. The normalized spacial score (nSPS) is 15.8. The van der Waals surface area contributed by atoms with Crippen molar-refractivity contribution in [2.24, 2.45) is 10.3 Å². The van der Waals surface area contributed by atoms with Crippen LogP contribution in [0, 0.1) is 5.92 Å². The molecule has 0 saturated heterocycles. The fraction of sp³-hybridized carbons (Fsp3) is 0.917. The monoisotopic (exact) mass is 231 g/mol. The summed E-state index contributed by atoms with van der Waals surface area (Å²) in [6.45, 7) is 12.3. The highest BCUT2D eigenvalue weighted by atomic mass is 32.2. The van der Waals surface area contributed by atoms with Gasteiger partial charge in [0.2, 0.25) is 0 Å². The number of hydrogen-bond acceptors (Lipinski definition) is 1. The second kappa shape index (κ2) is 6.41. The van der Waals surface area contributed by atoms with Crippen molar-refractivity contribution >= 4 is 16.7 Å². The maximum absolute atomic E-state index is 11.9. The molecule has 0 aliphatic rings. The van der Waals surface area contributed by atoms with Crippen molar-refractivity contribution in [3.05, 3.63) is 0 Å². The Morgan fingerprint density at radius 1 is 1.33 bits per heavy atom. The molecule has 2 nitrogen and oxygen atoms in total. The van der Waals surface area contributed by atoms with Crippen molar-refractivity contribution in [2.75, 3.05) is 0 Å². The summed E-state index contributed by atoms with van der Waals surface area (Å²) in [6, 6.07) is 0. The lowest BCUT2D eigenvalue weighted by molar-refractivity contribution is 0.649. The third-order valence-corrected chi connectivity index (χ3v) is 3.62. The lowest BCUT2D eigenvalue weighted by Gasteiger charge is -2.16. The third-order valence-electron chi connectivity index (χ3n) is 2.18. The predicted octanol–water partition coefficient (Wildman–Crippen LogP) is 3.74. The van der Waals surface area contributed by atoms with Gasteiger partial charge in [0, 0.05) is 5.71 Å². The summed E-state index contributed by atoms with van der Waals surface area (Å²) in [7, 11) is -1.10. The first-order valence-electron chi connectivity index (χ1n) is 5.78. The quantitative estimate of drug-likeness (QED) is 0.663. The number of nitrogens with zero attached hydrogens (tertiary/aromatic N) is 1. The van der Waals surface area contributed by atoms with E-state index in [1.807, 2.05) is 20.8 Å². The molecule has 0 spiro atoms. The summed E-state index contributed by atoms with van der Waals surface area (Å²) < 4.78 is 16.0. The molecule has 0 heterocycles. The van der Waals surface area contributed by atoms with Crippen LogP contribution in [0.25, 0.3) is 0 Å². The fourth-order valence-electron chi connectivity index (χ4n) is 1.04. The molecule has 0 fully saturated rings. The van der Waals surface area contributed by atoms with Crippen LogP contribution in [0.4, 0.5) is 0 Å². The lowest BCUT2D eigenvalue weighted by Crippen LogP contribution is -2.22. The molecule has 3 heteroatoms. The highest BCUT2D eigenvalue weighted by Crippen LogP contribution is 2.15. The van der Waals surface area contributed by atoms with Gasteiger partial charge < -0.3 is 0 Å². The van der Waals surface area contributed by atoms with Crippen LogP contribution in [-0.2, 0) is 11.0 Å². The molecular weight excluding hydrogens is 206 g/mol. The van der Waals surface area contributed by atoms with Gasteiger partial charge in [-0.15, -0.1) is 0 Å². The van der Waals surface area contributed by atoms with Gasteiger partial charge in [-0.3, -0.25) is 0 Å². The van der Waals surface area contributed by atoms with E-state index < -0.39 is 11.0 Å². The summed E-state index contributed by atoms with van der Waals surface area (Å²) in [4.78, 5) is 0. The van der Waals surface area contributed by atoms with Crippen LogP contribution in [0.1, 0.15) is 60.8 Å². The van der Waals surface area contributed by atoms with Gasteiger partial charge in [0.25, 0.3) is 0 Å². The van der Waals surface area contributed by atoms with Crippen LogP contribution >= 0.6 is 0 Å². The molecule has 1 atom stereocenters. The van der Waals surface area contributed by atoms with E-state index in [9.17, 15) is 4.21 Å². The SMILES string of the molecule is CCCC/C(=N\[S@@](=O)C(C)(C)C)C(C)C. The Morgan fingerprint density at radius 3 is 2.20 bits per heavy atom. The molecule has 0 aliphatic heterocycles. The third kappa shape index (κ3) is 6.08. The molecule has 0 rings (SSSR count). The number of rotatable bonds is 5. The molecule has 0 aromatic rings. The lowest BCUT2D eigenvalue weighted by atomic mass is 10.0. The van der Waals surface area contributed by atoms with Gasteiger partial charge in [0.05, 0.1) is 4.75 Å². The van der Waals surface area contributed by atoms with Crippen LogP contribution in [0.5, 0.6) is 0 Å². The molecule has 0 amide bonds. The van der Waals surface area contributed by atoms with Crippen LogP contribution in [0.3, 0.4) is 0 Å². The van der Waals surface area contributed by atoms with Crippen molar-refractivity contribution in [1.29, 1.82) is 0 Å². The molecule has 0 unspecified atom stereocenters. The predicted molar refractivity (Wildman–Crippen MR) is 69.7 cm³/mol. The van der Waals surface area contributed by atoms with Gasteiger partial charge in [-0.2, -0.15) is 4.40 Å². The Hall–Kier alpha value is -0.180. The molecule has 90 valence electrons. The van der Waals surface area contributed by atoms with E-state index in [2.05, 4.69) is 25.2 Å². The Labute approximate surface area is 97.2 Å². The highest BCUT2D eigenvalue weighted by Gasteiger charge is 2.20. The fourth-order valence-corrected chi connectivity index (χ4v) is 1.83. The largest absolute Gasteiger partial charge is 0.234 e. The topological polar surface area (TPSA) is 29.4 Å². The zero-order chi connectivity index (χ0) is 12.1. The van der Waals surface area contributed by atoms with Crippen LogP contribution < -0.4 is 0 Å². The summed E-state index contributed by atoms with van der Waals surface area (Å²) in [5.74, 6) is 0.405. The molecule has 0 saturated carbocycles. The van der Waals surface area contributed by atoms with Crippen molar-refractivity contribution in [3.8, 4) is 0 Å². The van der Waals surface area contributed by atoms with Gasteiger partial charge in [-0.05, 0) is 39.5 Å². The Balaban J connectivity index is 4.61. The minimum absolute atomic E-state index is 0.244. The Bertz CT molecular complexity index is 238. The van der Waals surface area contributed by atoms with Gasteiger partial charge in [0.1, 0.15) is 11.0 Å². The van der Waals surface area contributed by atoms with Crippen molar-refractivity contribution in [3.63, 3.8) is 0 Å². The van der Waals surface area contributed by atoms with Crippen molar-refractivity contribution < 1.29 is 4.21 Å². The van der Waals surface area contributed by atoms with E-state index in [0.29, 0.717) is 5.92 Å². The Morgan fingerprint density at radius 2 is 1.87 bits per heavy atom. The first kappa shape index (κ1) is 14.8. The maximum atomic E-state index is 11.9. The molecule has 0 aromatic heterocycles. The molecule has 0 radical (unpaired) electrons.